The summed E-state index contributed by atoms with van der Waals surface area (Å²) >= 11 is 0. The fraction of sp³-hybridized carbons (Fsp3) is 0.909. The van der Waals surface area contributed by atoms with Crippen molar-refractivity contribution in [2.24, 2.45) is 23.2 Å². The average molecular weight is 369 g/mol. The molecule has 0 heterocycles. The molecule has 1 saturated carbocycles. The van der Waals surface area contributed by atoms with Crippen LogP contribution in [-0.4, -0.2) is 23.1 Å². The molecule has 4 heteroatoms. The molecule has 1 aliphatic rings. The zero-order valence-electron chi connectivity index (χ0n) is 17.6. The molecule has 152 valence electrons. The minimum absolute atomic E-state index is 0.0894. The normalized spacial score (nSPS) is 26.8. The molecule has 0 aromatic rings. The summed E-state index contributed by atoms with van der Waals surface area (Å²) < 4.78 is 5.84. The van der Waals surface area contributed by atoms with Crippen LogP contribution in [0.4, 0.5) is 0 Å². The van der Waals surface area contributed by atoms with Gasteiger partial charge >= 0.3 is 11.9 Å². The lowest BCUT2D eigenvalue weighted by atomic mass is 9.71. The van der Waals surface area contributed by atoms with Gasteiger partial charge in [-0.05, 0) is 43.4 Å². The zero-order valence-corrected chi connectivity index (χ0v) is 17.6. The molecule has 0 aliphatic heterocycles. The predicted molar refractivity (Wildman–Crippen MR) is 105 cm³/mol. The van der Waals surface area contributed by atoms with E-state index in [-0.39, 0.29) is 17.9 Å². The molecule has 4 atom stereocenters. The molecular weight excluding hydrogens is 328 g/mol. The number of unbranched alkanes of at least 4 members (excludes halogenated alkanes) is 2. The molecule has 4 unspecified atom stereocenters. The van der Waals surface area contributed by atoms with Crippen molar-refractivity contribution in [3.05, 3.63) is 0 Å². The first kappa shape index (κ1) is 23.0. The van der Waals surface area contributed by atoms with Crippen molar-refractivity contribution in [3.8, 4) is 0 Å². The lowest BCUT2D eigenvalue weighted by molar-refractivity contribution is -0.178. The Morgan fingerprint density at radius 1 is 1.08 bits per heavy atom. The Morgan fingerprint density at radius 3 is 2.19 bits per heavy atom. The highest BCUT2D eigenvalue weighted by molar-refractivity contribution is 6.00. The van der Waals surface area contributed by atoms with Crippen LogP contribution in [0.5, 0.6) is 0 Å². The highest BCUT2D eigenvalue weighted by atomic mass is 16.5. The third kappa shape index (κ3) is 5.23. The second-order valence-electron chi connectivity index (χ2n) is 8.44. The van der Waals surface area contributed by atoms with E-state index < -0.39 is 17.4 Å². The molecule has 1 fully saturated rings. The summed E-state index contributed by atoms with van der Waals surface area (Å²) in [5, 5.41) is 10.1. The van der Waals surface area contributed by atoms with E-state index in [1.54, 1.807) is 0 Å². The number of hydrogen-bond acceptors (Lipinski definition) is 3. The maximum atomic E-state index is 13.2. The Hall–Kier alpha value is -1.06. The molecule has 1 N–H and O–H groups in total. The summed E-state index contributed by atoms with van der Waals surface area (Å²) in [6.45, 7) is 10.4. The van der Waals surface area contributed by atoms with Crippen molar-refractivity contribution in [2.45, 2.75) is 105 Å². The molecule has 0 radical (unpaired) electrons. The van der Waals surface area contributed by atoms with Crippen LogP contribution in [0, 0.1) is 23.2 Å². The molecule has 26 heavy (non-hydrogen) atoms. The van der Waals surface area contributed by atoms with Gasteiger partial charge in [0.05, 0.1) is 0 Å². The fourth-order valence-electron chi connectivity index (χ4n) is 4.58. The van der Waals surface area contributed by atoms with E-state index in [1.165, 1.54) is 0 Å². The molecule has 0 aromatic heterocycles. The number of ether oxygens (including phenoxy) is 1. The second-order valence-corrected chi connectivity index (χ2v) is 8.44. The molecule has 1 rings (SSSR count). The van der Waals surface area contributed by atoms with Gasteiger partial charge in [-0.15, -0.1) is 0 Å². The van der Waals surface area contributed by atoms with E-state index in [0.717, 1.165) is 57.8 Å². The van der Waals surface area contributed by atoms with Crippen molar-refractivity contribution in [1.29, 1.82) is 0 Å². The Morgan fingerprint density at radius 2 is 1.69 bits per heavy atom. The topological polar surface area (TPSA) is 63.6 Å². The van der Waals surface area contributed by atoms with Crippen LogP contribution in [0.15, 0.2) is 0 Å². The highest BCUT2D eigenvalue weighted by Gasteiger charge is 2.59. The summed E-state index contributed by atoms with van der Waals surface area (Å²) in [7, 11) is 0. The van der Waals surface area contributed by atoms with Crippen LogP contribution < -0.4 is 0 Å². The van der Waals surface area contributed by atoms with Crippen LogP contribution in [0.2, 0.25) is 0 Å². The number of esters is 1. The Bertz CT molecular complexity index is 445. The SMILES string of the molecule is CCCCC1CCC(C(=O)O)(C(=O)OC(CCC)C(C)C)C1CCCC. The predicted octanol–water partition coefficient (Wildman–Crippen LogP) is 5.83. The molecular formula is C22H40O4. The van der Waals surface area contributed by atoms with Gasteiger partial charge in [0, 0.05) is 0 Å². The molecule has 4 nitrogen and oxygen atoms in total. The lowest BCUT2D eigenvalue weighted by Gasteiger charge is -2.34. The molecule has 0 aromatic carbocycles. The third-order valence-corrected chi connectivity index (χ3v) is 6.23. The van der Waals surface area contributed by atoms with Crippen molar-refractivity contribution >= 4 is 11.9 Å². The number of rotatable bonds is 12. The number of hydrogen-bond donors (Lipinski definition) is 1. The average Bonchev–Trinajstić information content (AvgIpc) is 2.96. The largest absolute Gasteiger partial charge is 0.480 e. The summed E-state index contributed by atoms with van der Waals surface area (Å²) in [6.07, 6.45) is 8.82. The maximum absolute atomic E-state index is 13.2. The van der Waals surface area contributed by atoms with E-state index in [4.69, 9.17) is 4.74 Å². The molecule has 0 spiro atoms. The number of carboxylic acids is 1. The number of aliphatic carboxylic acids is 1. The molecule has 0 bridgehead atoms. The first-order valence-corrected chi connectivity index (χ1v) is 10.8. The minimum Gasteiger partial charge on any atom is -0.480 e. The van der Waals surface area contributed by atoms with E-state index >= 15 is 0 Å². The second kappa shape index (κ2) is 10.9. The monoisotopic (exact) mass is 368 g/mol. The molecule has 0 amide bonds. The van der Waals surface area contributed by atoms with E-state index in [0.29, 0.717) is 12.3 Å². The first-order chi connectivity index (χ1) is 12.3. The van der Waals surface area contributed by atoms with Crippen LogP contribution in [0.3, 0.4) is 0 Å². The third-order valence-electron chi connectivity index (χ3n) is 6.23. The summed E-state index contributed by atoms with van der Waals surface area (Å²) in [5.41, 5.74) is -1.34. The van der Waals surface area contributed by atoms with E-state index in [2.05, 4.69) is 20.8 Å². The number of carboxylic acid groups (broad SMARTS) is 1. The van der Waals surface area contributed by atoms with Crippen molar-refractivity contribution < 1.29 is 19.4 Å². The standard InChI is InChI=1S/C22H40O4/c1-6-9-12-17-14-15-22(20(23)24,18(17)13-10-7-2)21(25)26-19(11-8-3)16(4)5/h16-19H,6-15H2,1-5H3,(H,23,24). The van der Waals surface area contributed by atoms with Gasteiger partial charge in [0.25, 0.3) is 0 Å². The Balaban J connectivity index is 3.09. The van der Waals surface area contributed by atoms with E-state index in [9.17, 15) is 14.7 Å². The zero-order chi connectivity index (χ0) is 19.7. The van der Waals surface area contributed by atoms with Crippen molar-refractivity contribution in [3.63, 3.8) is 0 Å². The van der Waals surface area contributed by atoms with Crippen molar-refractivity contribution in [2.75, 3.05) is 0 Å². The van der Waals surface area contributed by atoms with E-state index in [1.807, 2.05) is 13.8 Å². The number of carbonyl (C=O) groups is 2. The maximum Gasteiger partial charge on any atom is 0.324 e. The van der Waals surface area contributed by atoms with Crippen LogP contribution in [0.1, 0.15) is 98.8 Å². The molecule has 0 saturated heterocycles. The fourth-order valence-corrected chi connectivity index (χ4v) is 4.58. The van der Waals surface area contributed by atoms with Crippen LogP contribution in [0.25, 0.3) is 0 Å². The van der Waals surface area contributed by atoms with Gasteiger partial charge in [0.15, 0.2) is 5.41 Å². The summed E-state index contributed by atoms with van der Waals surface area (Å²) in [4.78, 5) is 25.6. The minimum atomic E-state index is -1.34. The Kier molecular flexibility index (Phi) is 9.67. The van der Waals surface area contributed by atoms with Gasteiger partial charge in [-0.25, -0.2) is 0 Å². The lowest BCUT2D eigenvalue weighted by Crippen LogP contribution is -2.46. The Labute approximate surface area is 160 Å². The van der Waals surface area contributed by atoms with Gasteiger partial charge in [-0.2, -0.15) is 0 Å². The van der Waals surface area contributed by atoms with Gasteiger partial charge in [0.1, 0.15) is 6.10 Å². The van der Waals surface area contributed by atoms with Crippen LogP contribution in [-0.2, 0) is 14.3 Å². The van der Waals surface area contributed by atoms with Crippen molar-refractivity contribution in [1.82, 2.24) is 0 Å². The summed E-state index contributed by atoms with van der Waals surface area (Å²) in [6, 6.07) is 0. The molecule has 1 aliphatic carbocycles. The highest BCUT2D eigenvalue weighted by Crippen LogP contribution is 2.52. The smallest absolute Gasteiger partial charge is 0.324 e. The number of carbonyl (C=O) groups excluding carboxylic acids is 1. The van der Waals surface area contributed by atoms with Gasteiger partial charge < -0.3 is 9.84 Å². The first-order valence-electron chi connectivity index (χ1n) is 10.8. The van der Waals surface area contributed by atoms with Gasteiger partial charge in [0.2, 0.25) is 0 Å². The van der Waals surface area contributed by atoms with Crippen LogP contribution >= 0.6 is 0 Å². The quantitative estimate of drug-likeness (QED) is 0.347. The summed E-state index contributed by atoms with van der Waals surface area (Å²) in [5.74, 6) is -1.00. The van der Waals surface area contributed by atoms with Gasteiger partial charge in [-0.3, -0.25) is 9.59 Å². The van der Waals surface area contributed by atoms with Gasteiger partial charge in [-0.1, -0.05) is 73.1 Å².